The van der Waals surface area contributed by atoms with Crippen molar-refractivity contribution in [1.29, 1.82) is 5.26 Å². The Kier molecular flexibility index (Phi) is 4.34. The van der Waals surface area contributed by atoms with E-state index in [0.717, 1.165) is 5.56 Å². The van der Waals surface area contributed by atoms with Gasteiger partial charge in [-0.2, -0.15) is 5.26 Å². The minimum absolute atomic E-state index is 0.207. The fourth-order valence-electron chi connectivity index (χ4n) is 1.87. The molecule has 0 aliphatic heterocycles. The van der Waals surface area contributed by atoms with Crippen LogP contribution in [0, 0.1) is 17.1 Å². The molecule has 2 aromatic carbocycles. The Morgan fingerprint density at radius 1 is 1.30 bits per heavy atom. The van der Waals surface area contributed by atoms with Gasteiger partial charge in [0.25, 0.3) is 0 Å². The molecule has 0 aromatic heterocycles. The molecule has 0 heterocycles. The summed E-state index contributed by atoms with van der Waals surface area (Å²) in [5.41, 5.74) is 1.88. The molecule has 0 saturated carbocycles. The van der Waals surface area contributed by atoms with Gasteiger partial charge < -0.3 is 9.84 Å². The highest BCUT2D eigenvalue weighted by molar-refractivity contribution is 5.36. The number of aliphatic hydroxyl groups excluding tert-OH is 1. The Morgan fingerprint density at radius 3 is 2.80 bits per heavy atom. The number of nitrogens with zero attached hydrogens (tertiary/aromatic N) is 1. The quantitative estimate of drug-likeness (QED) is 0.928. The van der Waals surface area contributed by atoms with Crippen LogP contribution in [0.2, 0.25) is 0 Å². The second-order valence-electron chi connectivity index (χ2n) is 4.46. The van der Waals surface area contributed by atoms with E-state index in [0.29, 0.717) is 16.9 Å². The van der Waals surface area contributed by atoms with Gasteiger partial charge in [-0.05, 0) is 36.8 Å². The molecule has 0 aliphatic rings. The molecule has 0 spiro atoms. The van der Waals surface area contributed by atoms with Crippen LogP contribution in [-0.4, -0.2) is 5.11 Å². The zero-order valence-corrected chi connectivity index (χ0v) is 11.0. The lowest BCUT2D eigenvalue weighted by molar-refractivity contribution is 0.190. The van der Waals surface area contributed by atoms with Crippen molar-refractivity contribution in [3.8, 4) is 11.8 Å². The lowest BCUT2D eigenvalue weighted by Crippen LogP contribution is -2.01. The Labute approximate surface area is 116 Å². The van der Waals surface area contributed by atoms with Gasteiger partial charge in [0.05, 0.1) is 17.7 Å². The number of aliphatic hydroxyl groups is 1. The Morgan fingerprint density at radius 2 is 2.10 bits per heavy atom. The van der Waals surface area contributed by atoms with Gasteiger partial charge in [0.15, 0.2) is 0 Å². The first-order chi connectivity index (χ1) is 9.60. The molecule has 0 fully saturated rings. The van der Waals surface area contributed by atoms with Crippen LogP contribution >= 0.6 is 0 Å². The van der Waals surface area contributed by atoms with Gasteiger partial charge in [-0.25, -0.2) is 4.39 Å². The van der Waals surface area contributed by atoms with E-state index in [1.807, 2.05) is 12.1 Å². The van der Waals surface area contributed by atoms with Crippen LogP contribution in [-0.2, 0) is 6.61 Å². The maximum atomic E-state index is 13.3. The van der Waals surface area contributed by atoms with E-state index in [2.05, 4.69) is 0 Å². The third-order valence-electron chi connectivity index (χ3n) is 2.88. The maximum absolute atomic E-state index is 13.3. The van der Waals surface area contributed by atoms with E-state index in [4.69, 9.17) is 10.00 Å². The van der Waals surface area contributed by atoms with Gasteiger partial charge in [0.2, 0.25) is 0 Å². The van der Waals surface area contributed by atoms with E-state index < -0.39 is 11.9 Å². The molecular formula is C16H14FNO2. The number of hydrogen-bond acceptors (Lipinski definition) is 3. The van der Waals surface area contributed by atoms with Crippen LogP contribution in [0.5, 0.6) is 5.75 Å². The fourth-order valence-corrected chi connectivity index (χ4v) is 1.87. The second kappa shape index (κ2) is 6.18. The van der Waals surface area contributed by atoms with Crippen molar-refractivity contribution in [3.05, 3.63) is 65.0 Å². The van der Waals surface area contributed by atoms with Crippen molar-refractivity contribution < 1.29 is 14.2 Å². The summed E-state index contributed by atoms with van der Waals surface area (Å²) < 4.78 is 18.8. The SMILES string of the molecule is CC(O)c1ccc(F)cc1OCc1cccc(C#N)c1. The minimum atomic E-state index is -0.740. The predicted octanol–water partition coefficient (Wildman–Crippen LogP) is 3.33. The van der Waals surface area contributed by atoms with E-state index in [1.54, 1.807) is 25.1 Å². The molecule has 1 atom stereocenters. The van der Waals surface area contributed by atoms with E-state index in [9.17, 15) is 9.50 Å². The molecule has 0 amide bonds. The summed E-state index contributed by atoms with van der Waals surface area (Å²) in [5.74, 6) is -0.113. The van der Waals surface area contributed by atoms with Crippen molar-refractivity contribution in [2.45, 2.75) is 19.6 Å². The molecule has 1 N–H and O–H groups in total. The van der Waals surface area contributed by atoms with Crippen molar-refractivity contribution in [2.24, 2.45) is 0 Å². The number of halogens is 1. The number of nitriles is 1. The van der Waals surface area contributed by atoms with Gasteiger partial charge in [0, 0.05) is 11.6 Å². The standard InChI is InChI=1S/C16H14FNO2/c1-11(19)15-6-5-14(17)8-16(15)20-10-13-4-2-3-12(7-13)9-18/h2-8,11,19H,10H2,1H3. The summed E-state index contributed by atoms with van der Waals surface area (Å²) in [6.45, 7) is 1.80. The van der Waals surface area contributed by atoms with Crippen LogP contribution in [0.4, 0.5) is 4.39 Å². The molecule has 0 aliphatic carbocycles. The zero-order valence-electron chi connectivity index (χ0n) is 11.0. The topological polar surface area (TPSA) is 53.2 Å². The highest BCUT2D eigenvalue weighted by Crippen LogP contribution is 2.26. The molecule has 1 unspecified atom stereocenters. The van der Waals surface area contributed by atoms with E-state index in [-0.39, 0.29) is 6.61 Å². The zero-order chi connectivity index (χ0) is 14.5. The first kappa shape index (κ1) is 14.0. The number of ether oxygens (including phenoxy) is 1. The molecule has 0 bridgehead atoms. The molecule has 0 saturated heterocycles. The van der Waals surface area contributed by atoms with Gasteiger partial charge in [-0.15, -0.1) is 0 Å². The largest absolute Gasteiger partial charge is 0.488 e. The van der Waals surface area contributed by atoms with Crippen molar-refractivity contribution in [3.63, 3.8) is 0 Å². The van der Waals surface area contributed by atoms with Crippen molar-refractivity contribution >= 4 is 0 Å². The van der Waals surface area contributed by atoms with Gasteiger partial charge in [-0.3, -0.25) is 0 Å². The molecule has 2 aromatic rings. The highest BCUT2D eigenvalue weighted by Gasteiger charge is 2.10. The lowest BCUT2D eigenvalue weighted by atomic mass is 10.1. The van der Waals surface area contributed by atoms with Crippen LogP contribution < -0.4 is 4.74 Å². The summed E-state index contributed by atoms with van der Waals surface area (Å²) >= 11 is 0. The van der Waals surface area contributed by atoms with Gasteiger partial charge >= 0.3 is 0 Å². The summed E-state index contributed by atoms with van der Waals surface area (Å²) in [6, 6.07) is 13.1. The van der Waals surface area contributed by atoms with Crippen molar-refractivity contribution in [1.82, 2.24) is 0 Å². The average molecular weight is 271 g/mol. The van der Waals surface area contributed by atoms with Crippen LogP contribution in [0.15, 0.2) is 42.5 Å². The minimum Gasteiger partial charge on any atom is -0.488 e. The van der Waals surface area contributed by atoms with Gasteiger partial charge in [0.1, 0.15) is 18.2 Å². The molecule has 0 radical (unpaired) electrons. The molecule has 2 rings (SSSR count). The average Bonchev–Trinajstić information content (AvgIpc) is 2.45. The van der Waals surface area contributed by atoms with Crippen LogP contribution in [0.25, 0.3) is 0 Å². The summed E-state index contributed by atoms with van der Waals surface area (Å²) in [4.78, 5) is 0. The maximum Gasteiger partial charge on any atom is 0.128 e. The lowest BCUT2D eigenvalue weighted by Gasteiger charge is -2.13. The predicted molar refractivity (Wildman–Crippen MR) is 72.5 cm³/mol. The Balaban J connectivity index is 2.18. The monoisotopic (exact) mass is 271 g/mol. The molecule has 3 nitrogen and oxygen atoms in total. The van der Waals surface area contributed by atoms with Crippen LogP contribution in [0.3, 0.4) is 0 Å². The van der Waals surface area contributed by atoms with Gasteiger partial charge in [-0.1, -0.05) is 12.1 Å². The second-order valence-corrected chi connectivity index (χ2v) is 4.46. The fraction of sp³-hybridized carbons (Fsp3) is 0.188. The molecular weight excluding hydrogens is 257 g/mol. The number of rotatable bonds is 4. The molecule has 102 valence electrons. The molecule has 20 heavy (non-hydrogen) atoms. The van der Waals surface area contributed by atoms with Crippen molar-refractivity contribution in [2.75, 3.05) is 0 Å². The van der Waals surface area contributed by atoms with E-state index in [1.165, 1.54) is 18.2 Å². The number of hydrogen-bond donors (Lipinski definition) is 1. The third-order valence-corrected chi connectivity index (χ3v) is 2.88. The first-order valence-corrected chi connectivity index (χ1v) is 6.19. The molecule has 4 heteroatoms. The highest BCUT2D eigenvalue weighted by atomic mass is 19.1. The van der Waals surface area contributed by atoms with E-state index >= 15 is 0 Å². The smallest absolute Gasteiger partial charge is 0.128 e. The van der Waals surface area contributed by atoms with Crippen LogP contribution in [0.1, 0.15) is 29.7 Å². The summed E-state index contributed by atoms with van der Waals surface area (Å²) in [6.07, 6.45) is -0.740. The summed E-state index contributed by atoms with van der Waals surface area (Å²) in [7, 11) is 0. The first-order valence-electron chi connectivity index (χ1n) is 6.19. The summed E-state index contributed by atoms with van der Waals surface area (Å²) in [5, 5.41) is 18.5. The normalized spacial score (nSPS) is 11.7. The number of benzene rings is 2. The Hall–Kier alpha value is -2.38. The Bertz CT molecular complexity index is 647. The third kappa shape index (κ3) is 3.34.